The van der Waals surface area contributed by atoms with E-state index in [0.717, 1.165) is 41.1 Å². The summed E-state index contributed by atoms with van der Waals surface area (Å²) in [5, 5.41) is 2.95. The fourth-order valence-electron chi connectivity index (χ4n) is 4.47. The number of hydrogen-bond donors (Lipinski definition) is 1. The number of hydrogen-bond acceptors (Lipinski definition) is 6. The number of carbonyl (C=O) groups is 2. The predicted molar refractivity (Wildman–Crippen MR) is 168 cm³/mol. The summed E-state index contributed by atoms with van der Waals surface area (Å²) in [5.74, 6) is -2.50. The van der Waals surface area contributed by atoms with Crippen molar-refractivity contribution < 1.29 is 23.1 Å². The van der Waals surface area contributed by atoms with E-state index >= 15 is 0 Å². The molecule has 44 heavy (non-hydrogen) atoms. The van der Waals surface area contributed by atoms with E-state index in [1.54, 1.807) is 18.2 Å². The van der Waals surface area contributed by atoms with Gasteiger partial charge in [-0.3, -0.25) is 14.7 Å². The number of rotatable bonds is 9. The van der Waals surface area contributed by atoms with E-state index in [0.29, 0.717) is 39.7 Å². The largest absolute Gasteiger partial charge is 0.447 e. The summed E-state index contributed by atoms with van der Waals surface area (Å²) in [6.45, 7) is 0.0407. The second-order valence-corrected chi connectivity index (χ2v) is 11.9. The zero-order valence-electron chi connectivity index (χ0n) is 24.0. The Labute approximate surface area is 262 Å². The molecule has 2 amide bonds. The third kappa shape index (κ3) is 7.40. The van der Waals surface area contributed by atoms with Crippen LogP contribution in [0.5, 0.6) is 0 Å². The maximum atomic E-state index is 14.2. The number of aliphatic imine (C=N–C) groups is 1. The van der Waals surface area contributed by atoms with Crippen molar-refractivity contribution in [3.05, 3.63) is 99.9 Å². The van der Waals surface area contributed by atoms with E-state index < -0.39 is 29.7 Å². The quantitative estimate of drug-likeness (QED) is 0.157. The van der Waals surface area contributed by atoms with E-state index in [-0.39, 0.29) is 18.1 Å². The van der Waals surface area contributed by atoms with Gasteiger partial charge in [-0.1, -0.05) is 48.0 Å². The molecule has 1 aliphatic carbocycles. The lowest BCUT2D eigenvalue weighted by Crippen LogP contribution is -2.46. The molecule has 1 saturated carbocycles. The molecule has 0 spiro atoms. The van der Waals surface area contributed by atoms with Crippen molar-refractivity contribution in [1.29, 1.82) is 0 Å². The van der Waals surface area contributed by atoms with Crippen LogP contribution in [-0.4, -0.2) is 60.0 Å². The van der Waals surface area contributed by atoms with Crippen molar-refractivity contribution in [3.63, 3.8) is 0 Å². The molecule has 1 atom stereocenters. The van der Waals surface area contributed by atoms with Gasteiger partial charge >= 0.3 is 6.09 Å². The molecule has 0 aliphatic heterocycles. The number of benzene rings is 3. The lowest BCUT2D eigenvalue weighted by Gasteiger charge is -2.32. The van der Waals surface area contributed by atoms with Gasteiger partial charge in [-0.15, -0.1) is 11.3 Å². The molecular weight excluding hydrogens is 608 g/mol. The van der Waals surface area contributed by atoms with Gasteiger partial charge in [0.15, 0.2) is 5.96 Å². The summed E-state index contributed by atoms with van der Waals surface area (Å²) in [4.78, 5) is 38.1. The molecule has 2 N–H and O–H groups in total. The lowest BCUT2D eigenvalue weighted by atomic mass is 10.0. The SMILES string of the molecule is CN(C)C(=O)OC[C@H](c1ccc(Cl)c(-c2nc(-c3ccccc3)cs2)c1)N(C(=O)c1cc(F)cc(F)c1)C(N)=NCC1CC1. The average Bonchev–Trinajstić information content (AvgIpc) is 3.71. The van der Waals surface area contributed by atoms with Crippen LogP contribution in [0.3, 0.4) is 0 Å². The Bertz CT molecular complexity index is 1670. The summed E-state index contributed by atoms with van der Waals surface area (Å²) in [6, 6.07) is 16.2. The molecule has 3 aromatic carbocycles. The first-order valence-corrected chi connectivity index (χ1v) is 15.1. The van der Waals surface area contributed by atoms with Crippen LogP contribution in [0.15, 0.2) is 77.1 Å². The number of nitrogens with zero attached hydrogens (tertiary/aromatic N) is 4. The van der Waals surface area contributed by atoms with Crippen LogP contribution < -0.4 is 5.73 Å². The van der Waals surface area contributed by atoms with Crippen molar-refractivity contribution in [3.8, 4) is 21.8 Å². The molecule has 5 rings (SSSR count). The Morgan fingerprint density at radius 2 is 1.80 bits per heavy atom. The highest BCUT2D eigenvalue weighted by atomic mass is 35.5. The Morgan fingerprint density at radius 3 is 2.45 bits per heavy atom. The Morgan fingerprint density at radius 1 is 1.09 bits per heavy atom. The molecule has 1 fully saturated rings. The van der Waals surface area contributed by atoms with E-state index in [2.05, 4.69) is 4.99 Å². The molecule has 0 unspecified atom stereocenters. The highest BCUT2D eigenvalue weighted by Crippen LogP contribution is 2.37. The minimum absolute atomic E-state index is 0.172. The third-order valence-corrected chi connectivity index (χ3v) is 8.21. The summed E-state index contributed by atoms with van der Waals surface area (Å²) in [7, 11) is 3.04. The van der Waals surface area contributed by atoms with Gasteiger partial charge in [0.25, 0.3) is 5.91 Å². The molecule has 1 heterocycles. The fourth-order valence-corrected chi connectivity index (χ4v) is 5.60. The average molecular weight is 638 g/mol. The smallest absolute Gasteiger partial charge is 0.409 e. The number of halogens is 3. The minimum atomic E-state index is -1.04. The van der Waals surface area contributed by atoms with Crippen molar-refractivity contribution >= 4 is 40.9 Å². The standard InChI is InChI=1S/C32H30ClF2N5O3S/c1-39(2)32(42)43-17-28(40(31(36)37-16-19-8-9-19)30(41)22-12-23(34)15-24(35)13-22)21-10-11-26(33)25(14-21)29-38-27(18-44-29)20-6-4-3-5-7-20/h3-7,10-15,18-19,28H,8-9,16-17H2,1-2H3,(H2,36,37)/t28-/m1/s1. The van der Waals surface area contributed by atoms with Gasteiger partial charge in [0.2, 0.25) is 0 Å². The van der Waals surface area contributed by atoms with Gasteiger partial charge in [0.05, 0.1) is 16.8 Å². The predicted octanol–water partition coefficient (Wildman–Crippen LogP) is 7.02. The van der Waals surface area contributed by atoms with Crippen LogP contribution in [0.1, 0.15) is 34.8 Å². The topological polar surface area (TPSA) is 101 Å². The minimum Gasteiger partial charge on any atom is -0.447 e. The summed E-state index contributed by atoms with van der Waals surface area (Å²) in [5.41, 5.74) is 8.94. The summed E-state index contributed by atoms with van der Waals surface area (Å²) < 4.78 is 34.0. The van der Waals surface area contributed by atoms with Crippen LogP contribution in [0.4, 0.5) is 13.6 Å². The van der Waals surface area contributed by atoms with Crippen LogP contribution >= 0.6 is 22.9 Å². The number of carbonyl (C=O) groups excluding carboxylic acids is 2. The molecule has 1 aliphatic rings. The number of ether oxygens (including phenoxy) is 1. The van der Waals surface area contributed by atoms with E-state index in [4.69, 9.17) is 27.1 Å². The number of thiazole rings is 1. The Kier molecular flexibility index (Phi) is 9.55. The van der Waals surface area contributed by atoms with E-state index in [1.165, 1.54) is 30.3 Å². The van der Waals surface area contributed by atoms with Gasteiger partial charge in [-0.05, 0) is 48.6 Å². The van der Waals surface area contributed by atoms with Gasteiger partial charge < -0.3 is 15.4 Å². The summed E-state index contributed by atoms with van der Waals surface area (Å²) >= 11 is 8.04. The fraction of sp³-hybridized carbons (Fsp3) is 0.250. The molecule has 0 bridgehead atoms. The third-order valence-electron chi connectivity index (χ3n) is 7.00. The van der Waals surface area contributed by atoms with Crippen LogP contribution in [0, 0.1) is 17.6 Å². The van der Waals surface area contributed by atoms with E-state index in [9.17, 15) is 18.4 Å². The first kappa shape index (κ1) is 31.1. The van der Waals surface area contributed by atoms with Gasteiger partial charge in [-0.2, -0.15) is 0 Å². The number of nitrogens with two attached hydrogens (primary N) is 1. The van der Waals surface area contributed by atoms with Crippen LogP contribution in [-0.2, 0) is 4.74 Å². The Balaban J connectivity index is 1.59. The van der Waals surface area contributed by atoms with Crippen molar-refractivity contribution in [2.45, 2.75) is 18.9 Å². The van der Waals surface area contributed by atoms with Crippen molar-refractivity contribution in [2.75, 3.05) is 27.2 Å². The zero-order valence-corrected chi connectivity index (χ0v) is 25.6. The van der Waals surface area contributed by atoms with Crippen molar-refractivity contribution in [2.24, 2.45) is 16.6 Å². The maximum absolute atomic E-state index is 14.2. The molecule has 12 heteroatoms. The second-order valence-electron chi connectivity index (χ2n) is 10.6. The maximum Gasteiger partial charge on any atom is 0.409 e. The highest BCUT2D eigenvalue weighted by molar-refractivity contribution is 7.13. The summed E-state index contributed by atoms with van der Waals surface area (Å²) in [6.07, 6.45) is 1.32. The number of aromatic nitrogens is 1. The van der Waals surface area contributed by atoms with Crippen molar-refractivity contribution in [1.82, 2.24) is 14.8 Å². The molecular formula is C32H30ClF2N5O3S. The van der Waals surface area contributed by atoms with E-state index in [1.807, 2.05) is 35.7 Å². The van der Waals surface area contributed by atoms with Crippen LogP contribution in [0.25, 0.3) is 21.8 Å². The highest BCUT2D eigenvalue weighted by Gasteiger charge is 2.33. The van der Waals surface area contributed by atoms with Gasteiger partial charge in [-0.25, -0.2) is 18.6 Å². The molecule has 4 aromatic rings. The first-order valence-electron chi connectivity index (χ1n) is 13.8. The Hall–Kier alpha value is -4.35. The first-order chi connectivity index (χ1) is 21.1. The molecule has 8 nitrogen and oxygen atoms in total. The second kappa shape index (κ2) is 13.5. The zero-order chi connectivity index (χ0) is 31.4. The molecule has 1 aromatic heterocycles. The number of amides is 2. The molecule has 0 saturated heterocycles. The molecule has 0 radical (unpaired) electrons. The molecule has 228 valence electrons. The van der Waals surface area contributed by atoms with Crippen LogP contribution in [0.2, 0.25) is 5.02 Å². The van der Waals surface area contributed by atoms with Gasteiger partial charge in [0.1, 0.15) is 23.2 Å². The number of guanidine groups is 1. The monoisotopic (exact) mass is 637 g/mol. The lowest BCUT2D eigenvalue weighted by molar-refractivity contribution is 0.0659. The van der Waals surface area contributed by atoms with Gasteiger partial charge in [0, 0.05) is 48.8 Å². The normalized spacial score (nSPS) is 13.8.